The minimum Gasteiger partial charge on any atom is -0.497 e. The number of carboxylic acids is 1. The smallest absolute Gasteiger partial charge is 0.339 e. The van der Waals surface area contributed by atoms with Gasteiger partial charge < -0.3 is 14.3 Å². The lowest BCUT2D eigenvalue weighted by molar-refractivity contribution is 0.0697. The van der Waals surface area contributed by atoms with Gasteiger partial charge >= 0.3 is 5.97 Å². The SMILES string of the molecule is COc1ccc(-c2occc2C(=O)O)c(C(C)=O)c1. The summed E-state index contributed by atoms with van der Waals surface area (Å²) >= 11 is 0. The predicted molar refractivity (Wildman–Crippen MR) is 67.7 cm³/mol. The largest absolute Gasteiger partial charge is 0.497 e. The molecule has 0 amide bonds. The van der Waals surface area contributed by atoms with Crippen LogP contribution >= 0.6 is 0 Å². The van der Waals surface area contributed by atoms with E-state index in [1.54, 1.807) is 18.2 Å². The van der Waals surface area contributed by atoms with Crippen LogP contribution in [0.4, 0.5) is 0 Å². The molecule has 0 saturated heterocycles. The number of furan rings is 1. The highest BCUT2D eigenvalue weighted by Crippen LogP contribution is 2.31. The molecule has 1 aromatic carbocycles. The van der Waals surface area contributed by atoms with Gasteiger partial charge in [-0.15, -0.1) is 0 Å². The standard InChI is InChI=1S/C14H12O5/c1-8(15)12-7-9(18-2)3-4-10(12)13-11(14(16)17)5-6-19-13/h3-7H,1-2H3,(H,16,17). The average molecular weight is 260 g/mol. The van der Waals surface area contributed by atoms with Crippen molar-refractivity contribution < 1.29 is 23.8 Å². The first kappa shape index (κ1) is 12.9. The number of hydrogen-bond acceptors (Lipinski definition) is 4. The number of aromatic carboxylic acids is 1. The fraction of sp³-hybridized carbons (Fsp3) is 0.143. The Balaban J connectivity index is 2.64. The second-order valence-electron chi connectivity index (χ2n) is 3.94. The van der Waals surface area contributed by atoms with Gasteiger partial charge in [-0.2, -0.15) is 0 Å². The van der Waals surface area contributed by atoms with E-state index in [1.165, 1.54) is 26.4 Å². The Morgan fingerprint density at radius 2 is 1.95 bits per heavy atom. The normalized spacial score (nSPS) is 10.2. The van der Waals surface area contributed by atoms with Crippen molar-refractivity contribution in [2.45, 2.75) is 6.92 Å². The lowest BCUT2D eigenvalue weighted by Gasteiger charge is -2.08. The highest BCUT2D eigenvalue weighted by atomic mass is 16.5. The van der Waals surface area contributed by atoms with Gasteiger partial charge in [0.25, 0.3) is 0 Å². The monoisotopic (exact) mass is 260 g/mol. The van der Waals surface area contributed by atoms with Crippen LogP contribution in [0.15, 0.2) is 34.9 Å². The molecule has 0 aliphatic rings. The molecule has 1 aromatic heterocycles. The zero-order valence-electron chi connectivity index (χ0n) is 10.5. The number of ether oxygens (including phenoxy) is 1. The van der Waals surface area contributed by atoms with Crippen molar-refractivity contribution in [3.05, 3.63) is 41.7 Å². The second kappa shape index (κ2) is 4.97. The Morgan fingerprint density at radius 1 is 1.21 bits per heavy atom. The summed E-state index contributed by atoms with van der Waals surface area (Å²) in [6.45, 7) is 1.40. The summed E-state index contributed by atoms with van der Waals surface area (Å²) in [6, 6.07) is 6.17. The first-order valence-corrected chi connectivity index (χ1v) is 5.54. The molecular formula is C14H12O5. The van der Waals surface area contributed by atoms with Crippen molar-refractivity contribution in [3.8, 4) is 17.1 Å². The quantitative estimate of drug-likeness (QED) is 0.855. The van der Waals surface area contributed by atoms with Crippen molar-refractivity contribution in [1.82, 2.24) is 0 Å². The van der Waals surface area contributed by atoms with Crippen molar-refractivity contribution in [2.24, 2.45) is 0 Å². The van der Waals surface area contributed by atoms with E-state index < -0.39 is 5.97 Å². The average Bonchev–Trinajstić information content (AvgIpc) is 2.87. The number of ketones is 1. The van der Waals surface area contributed by atoms with E-state index >= 15 is 0 Å². The van der Waals surface area contributed by atoms with Gasteiger partial charge in [0.05, 0.1) is 13.4 Å². The van der Waals surface area contributed by atoms with Gasteiger partial charge in [0.15, 0.2) is 5.78 Å². The Hall–Kier alpha value is -2.56. The van der Waals surface area contributed by atoms with E-state index in [0.717, 1.165) is 0 Å². The Bertz CT molecular complexity index is 639. The molecule has 5 nitrogen and oxygen atoms in total. The fourth-order valence-electron chi connectivity index (χ4n) is 1.83. The zero-order chi connectivity index (χ0) is 14.0. The Kier molecular flexibility index (Phi) is 3.37. The summed E-state index contributed by atoms with van der Waals surface area (Å²) in [6.07, 6.45) is 1.28. The summed E-state index contributed by atoms with van der Waals surface area (Å²) < 4.78 is 10.3. The Morgan fingerprint density at radius 3 is 2.53 bits per heavy atom. The van der Waals surface area contributed by atoms with Gasteiger partial charge in [0.2, 0.25) is 0 Å². The van der Waals surface area contributed by atoms with Crippen LogP contribution in [0.1, 0.15) is 27.6 Å². The summed E-state index contributed by atoms with van der Waals surface area (Å²) in [5.74, 6) is -0.603. The molecule has 0 aliphatic heterocycles. The molecule has 1 heterocycles. The zero-order valence-corrected chi connectivity index (χ0v) is 10.5. The van der Waals surface area contributed by atoms with E-state index in [2.05, 4.69) is 0 Å². The van der Waals surface area contributed by atoms with Crippen LogP contribution in [0.2, 0.25) is 0 Å². The summed E-state index contributed by atoms with van der Waals surface area (Å²) in [7, 11) is 1.49. The Labute approximate surface area is 109 Å². The maximum Gasteiger partial charge on any atom is 0.339 e. The van der Waals surface area contributed by atoms with E-state index in [0.29, 0.717) is 16.9 Å². The molecule has 19 heavy (non-hydrogen) atoms. The number of carbonyl (C=O) groups excluding carboxylic acids is 1. The van der Waals surface area contributed by atoms with Crippen molar-refractivity contribution >= 4 is 11.8 Å². The third-order valence-electron chi connectivity index (χ3n) is 2.75. The van der Waals surface area contributed by atoms with Gasteiger partial charge in [0.1, 0.15) is 17.1 Å². The number of hydrogen-bond donors (Lipinski definition) is 1. The molecule has 2 rings (SSSR count). The molecule has 0 bridgehead atoms. The maximum atomic E-state index is 11.7. The van der Waals surface area contributed by atoms with Crippen molar-refractivity contribution in [3.63, 3.8) is 0 Å². The van der Waals surface area contributed by atoms with Crippen LogP contribution in [-0.4, -0.2) is 24.0 Å². The van der Waals surface area contributed by atoms with Gasteiger partial charge in [0, 0.05) is 11.1 Å². The molecule has 0 spiro atoms. The lowest BCUT2D eigenvalue weighted by Crippen LogP contribution is -2.01. The summed E-state index contributed by atoms with van der Waals surface area (Å²) in [5.41, 5.74) is 0.820. The van der Waals surface area contributed by atoms with Gasteiger partial charge in [-0.3, -0.25) is 4.79 Å². The highest BCUT2D eigenvalue weighted by molar-refractivity contribution is 6.03. The van der Waals surface area contributed by atoms with Gasteiger partial charge in [-0.25, -0.2) is 4.79 Å². The first-order valence-electron chi connectivity index (χ1n) is 5.54. The molecule has 0 fully saturated rings. The van der Waals surface area contributed by atoms with Crippen molar-refractivity contribution in [1.29, 1.82) is 0 Å². The minimum absolute atomic E-state index is 0.0210. The number of Topliss-reactive ketones (excluding diaryl/α,β-unsaturated/α-hetero) is 1. The minimum atomic E-state index is -1.10. The van der Waals surface area contributed by atoms with E-state index in [4.69, 9.17) is 14.3 Å². The van der Waals surface area contributed by atoms with Crippen LogP contribution in [-0.2, 0) is 0 Å². The molecule has 0 aliphatic carbocycles. The van der Waals surface area contributed by atoms with Gasteiger partial charge in [-0.1, -0.05) is 0 Å². The third kappa shape index (κ3) is 2.35. The number of benzene rings is 1. The predicted octanol–water partition coefficient (Wildman–Crippen LogP) is 2.86. The van der Waals surface area contributed by atoms with Gasteiger partial charge in [-0.05, 0) is 31.2 Å². The molecule has 0 radical (unpaired) electrons. The molecule has 0 unspecified atom stereocenters. The van der Waals surface area contributed by atoms with Crippen LogP contribution < -0.4 is 4.74 Å². The van der Waals surface area contributed by atoms with Crippen LogP contribution in [0.5, 0.6) is 5.75 Å². The maximum absolute atomic E-state index is 11.7. The molecule has 5 heteroatoms. The first-order chi connectivity index (χ1) is 9.04. The van der Waals surface area contributed by atoms with Crippen LogP contribution in [0.25, 0.3) is 11.3 Å². The molecule has 2 aromatic rings. The number of methoxy groups -OCH3 is 1. The fourth-order valence-corrected chi connectivity index (χ4v) is 1.83. The van der Waals surface area contributed by atoms with E-state index in [-0.39, 0.29) is 17.1 Å². The van der Waals surface area contributed by atoms with Crippen molar-refractivity contribution in [2.75, 3.05) is 7.11 Å². The van der Waals surface area contributed by atoms with Crippen LogP contribution in [0, 0.1) is 0 Å². The highest BCUT2D eigenvalue weighted by Gasteiger charge is 2.20. The summed E-state index contributed by atoms with van der Waals surface area (Å²) in [5, 5.41) is 9.08. The lowest BCUT2D eigenvalue weighted by atomic mass is 9.99. The molecule has 1 N–H and O–H groups in total. The third-order valence-corrected chi connectivity index (χ3v) is 2.75. The summed E-state index contributed by atoms with van der Waals surface area (Å²) in [4.78, 5) is 22.8. The molecule has 98 valence electrons. The topological polar surface area (TPSA) is 76.7 Å². The number of carboxylic acid groups (broad SMARTS) is 1. The molecule has 0 atom stereocenters. The number of carbonyl (C=O) groups is 2. The molecule has 0 saturated carbocycles. The van der Waals surface area contributed by atoms with Crippen LogP contribution in [0.3, 0.4) is 0 Å². The second-order valence-corrected chi connectivity index (χ2v) is 3.94. The number of rotatable bonds is 4. The van der Waals surface area contributed by atoms with E-state index in [9.17, 15) is 9.59 Å². The molecular weight excluding hydrogens is 248 g/mol. The van der Waals surface area contributed by atoms with E-state index in [1.807, 2.05) is 0 Å².